The van der Waals surface area contributed by atoms with Gasteiger partial charge in [-0.25, -0.2) is 0 Å². The highest BCUT2D eigenvalue weighted by Gasteiger charge is 2.41. The Kier molecular flexibility index (Phi) is 5.08. The van der Waals surface area contributed by atoms with Gasteiger partial charge in [0.15, 0.2) is 0 Å². The number of imide groups is 1. The number of nitrogens with zero attached hydrogens (tertiary/aromatic N) is 1. The van der Waals surface area contributed by atoms with E-state index in [9.17, 15) is 14.4 Å². The van der Waals surface area contributed by atoms with E-state index in [1.165, 1.54) is 19.3 Å². The predicted octanol–water partition coefficient (Wildman–Crippen LogP) is 0.448. The van der Waals surface area contributed by atoms with Gasteiger partial charge in [-0.1, -0.05) is 12.1 Å². The number of ether oxygens (including phenoxy) is 1. The summed E-state index contributed by atoms with van der Waals surface area (Å²) in [7, 11) is 0. The van der Waals surface area contributed by atoms with Crippen LogP contribution in [0, 0.1) is 0 Å². The zero-order valence-electron chi connectivity index (χ0n) is 17.0. The normalized spacial score (nSPS) is 27.7. The molecule has 8 nitrogen and oxygen atoms in total. The van der Waals surface area contributed by atoms with Crippen molar-refractivity contribution in [1.82, 2.24) is 20.9 Å². The number of morpholine rings is 1. The van der Waals surface area contributed by atoms with Gasteiger partial charge >= 0.3 is 0 Å². The van der Waals surface area contributed by atoms with Crippen molar-refractivity contribution in [1.29, 1.82) is 0 Å². The van der Waals surface area contributed by atoms with E-state index < -0.39 is 6.04 Å². The number of hydrogen-bond acceptors (Lipinski definition) is 6. The highest BCUT2D eigenvalue weighted by atomic mass is 16.5. The average Bonchev–Trinajstić information content (AvgIpc) is 3.03. The average molecular weight is 412 g/mol. The Labute approximate surface area is 175 Å². The van der Waals surface area contributed by atoms with Gasteiger partial charge in [-0.15, -0.1) is 0 Å². The number of carbonyl (C=O) groups is 3. The first kappa shape index (κ1) is 19.7. The number of rotatable bonds is 5. The molecule has 2 atom stereocenters. The molecule has 1 aliphatic carbocycles. The monoisotopic (exact) mass is 412 g/mol. The molecule has 0 radical (unpaired) electrons. The number of piperidine rings is 1. The Bertz CT molecular complexity index is 872. The SMILES string of the molecule is O=C1CCC(N2Cc3ccc(CNCC4CNC5(CCC5)CO4)cc3C2=O)C(=O)N1. The molecule has 3 amide bonds. The van der Waals surface area contributed by atoms with Crippen LogP contribution in [0.15, 0.2) is 18.2 Å². The van der Waals surface area contributed by atoms with E-state index in [0.717, 1.165) is 30.8 Å². The quantitative estimate of drug-likeness (QED) is 0.608. The van der Waals surface area contributed by atoms with Crippen molar-refractivity contribution in [3.05, 3.63) is 34.9 Å². The van der Waals surface area contributed by atoms with Crippen molar-refractivity contribution < 1.29 is 19.1 Å². The van der Waals surface area contributed by atoms with Crippen LogP contribution in [0.5, 0.6) is 0 Å². The largest absolute Gasteiger partial charge is 0.374 e. The fraction of sp³-hybridized carbons (Fsp3) is 0.591. The zero-order valence-corrected chi connectivity index (χ0v) is 17.0. The van der Waals surface area contributed by atoms with Crippen molar-refractivity contribution in [3.8, 4) is 0 Å². The van der Waals surface area contributed by atoms with E-state index in [1.807, 2.05) is 18.2 Å². The third-order valence-corrected chi connectivity index (χ3v) is 6.90. The molecule has 3 fully saturated rings. The summed E-state index contributed by atoms with van der Waals surface area (Å²) in [4.78, 5) is 38.0. The van der Waals surface area contributed by atoms with Crippen LogP contribution in [0.1, 0.15) is 53.6 Å². The van der Waals surface area contributed by atoms with Gasteiger partial charge in [0.25, 0.3) is 5.91 Å². The molecule has 5 rings (SSSR count). The number of amides is 3. The molecule has 1 saturated carbocycles. The molecule has 2 saturated heterocycles. The lowest BCUT2D eigenvalue weighted by molar-refractivity contribution is -0.136. The first-order chi connectivity index (χ1) is 14.5. The lowest BCUT2D eigenvalue weighted by atomic mass is 9.76. The van der Waals surface area contributed by atoms with E-state index in [1.54, 1.807) is 4.90 Å². The third-order valence-electron chi connectivity index (χ3n) is 6.90. The van der Waals surface area contributed by atoms with Gasteiger partial charge in [-0.3, -0.25) is 19.7 Å². The Hall–Kier alpha value is -2.29. The van der Waals surface area contributed by atoms with Crippen LogP contribution in [0.2, 0.25) is 0 Å². The van der Waals surface area contributed by atoms with Gasteiger partial charge < -0.3 is 20.3 Å². The van der Waals surface area contributed by atoms with Crippen LogP contribution in [0.25, 0.3) is 0 Å². The van der Waals surface area contributed by atoms with Gasteiger partial charge in [0.05, 0.1) is 12.7 Å². The molecular formula is C22H28N4O4. The van der Waals surface area contributed by atoms with Crippen LogP contribution < -0.4 is 16.0 Å². The van der Waals surface area contributed by atoms with Crippen molar-refractivity contribution in [2.75, 3.05) is 19.7 Å². The van der Waals surface area contributed by atoms with Crippen molar-refractivity contribution in [3.63, 3.8) is 0 Å². The molecule has 4 aliphatic rings. The van der Waals surface area contributed by atoms with Crippen molar-refractivity contribution in [2.45, 2.75) is 62.9 Å². The lowest BCUT2D eigenvalue weighted by Crippen LogP contribution is -2.62. The topological polar surface area (TPSA) is 99.8 Å². The van der Waals surface area contributed by atoms with Crippen molar-refractivity contribution >= 4 is 17.7 Å². The molecule has 0 bridgehead atoms. The molecule has 3 aliphatic heterocycles. The smallest absolute Gasteiger partial charge is 0.255 e. The predicted molar refractivity (Wildman–Crippen MR) is 109 cm³/mol. The number of carbonyl (C=O) groups excluding carboxylic acids is 3. The van der Waals surface area contributed by atoms with Crippen LogP contribution in [-0.2, 0) is 27.4 Å². The van der Waals surface area contributed by atoms with Crippen LogP contribution in [-0.4, -0.2) is 60.0 Å². The van der Waals surface area contributed by atoms with Crippen LogP contribution in [0.4, 0.5) is 0 Å². The molecule has 3 N–H and O–H groups in total. The van der Waals surface area contributed by atoms with Crippen LogP contribution in [0.3, 0.4) is 0 Å². The number of fused-ring (bicyclic) bond motifs is 1. The van der Waals surface area contributed by atoms with E-state index in [2.05, 4.69) is 16.0 Å². The van der Waals surface area contributed by atoms with E-state index in [0.29, 0.717) is 25.1 Å². The summed E-state index contributed by atoms with van der Waals surface area (Å²) in [5.41, 5.74) is 2.86. The fourth-order valence-corrected chi connectivity index (χ4v) is 4.86. The van der Waals surface area contributed by atoms with Crippen LogP contribution >= 0.6 is 0 Å². The van der Waals surface area contributed by atoms with E-state index in [-0.39, 0.29) is 35.8 Å². The second-order valence-electron chi connectivity index (χ2n) is 8.97. The summed E-state index contributed by atoms with van der Waals surface area (Å²) >= 11 is 0. The zero-order chi connectivity index (χ0) is 20.7. The minimum absolute atomic E-state index is 0.132. The summed E-state index contributed by atoms with van der Waals surface area (Å²) in [6, 6.07) is 5.34. The first-order valence-electron chi connectivity index (χ1n) is 10.9. The third kappa shape index (κ3) is 3.64. The second-order valence-corrected chi connectivity index (χ2v) is 8.97. The Balaban J connectivity index is 1.15. The Morgan fingerprint density at radius 1 is 1.23 bits per heavy atom. The molecule has 0 aromatic heterocycles. The van der Waals surface area contributed by atoms with E-state index >= 15 is 0 Å². The molecule has 1 aromatic carbocycles. The maximum atomic E-state index is 12.9. The number of benzene rings is 1. The molecule has 8 heteroatoms. The fourth-order valence-electron chi connectivity index (χ4n) is 4.86. The summed E-state index contributed by atoms with van der Waals surface area (Å²) in [5, 5.41) is 9.42. The minimum atomic E-state index is -0.570. The summed E-state index contributed by atoms with van der Waals surface area (Å²) in [5.74, 6) is -0.778. The molecular weight excluding hydrogens is 384 g/mol. The van der Waals surface area contributed by atoms with Gasteiger partial charge in [0.2, 0.25) is 11.8 Å². The highest BCUT2D eigenvalue weighted by molar-refractivity contribution is 6.05. The van der Waals surface area contributed by atoms with Gasteiger partial charge in [0.1, 0.15) is 6.04 Å². The minimum Gasteiger partial charge on any atom is -0.374 e. The summed E-state index contributed by atoms with van der Waals surface area (Å²) in [6.07, 6.45) is 4.53. The van der Waals surface area contributed by atoms with Gasteiger partial charge in [0, 0.05) is 43.7 Å². The maximum Gasteiger partial charge on any atom is 0.255 e. The molecule has 30 heavy (non-hydrogen) atoms. The van der Waals surface area contributed by atoms with E-state index in [4.69, 9.17) is 4.74 Å². The van der Waals surface area contributed by atoms with Gasteiger partial charge in [-0.05, 0) is 42.9 Å². The number of nitrogens with one attached hydrogen (secondary N) is 3. The molecule has 160 valence electrons. The number of hydrogen-bond donors (Lipinski definition) is 3. The van der Waals surface area contributed by atoms with Crippen molar-refractivity contribution in [2.24, 2.45) is 0 Å². The Morgan fingerprint density at radius 2 is 2.10 bits per heavy atom. The highest BCUT2D eigenvalue weighted by Crippen LogP contribution is 2.34. The molecule has 3 heterocycles. The molecule has 1 aromatic rings. The summed E-state index contributed by atoms with van der Waals surface area (Å²) in [6.45, 7) is 3.50. The summed E-state index contributed by atoms with van der Waals surface area (Å²) < 4.78 is 6.02. The molecule has 1 spiro atoms. The lowest BCUT2D eigenvalue weighted by Gasteiger charge is -2.47. The Morgan fingerprint density at radius 3 is 2.80 bits per heavy atom. The second kappa shape index (κ2) is 7.76. The standard InChI is InChI=1S/C22H28N4O4/c27-19-5-4-18(20(28)25-19)26-12-15-3-2-14(8-17(15)21(26)29)9-23-10-16-11-24-22(13-30-16)6-1-7-22/h2-3,8,16,18,23-24H,1,4-7,9-13H2,(H,25,27,28). The molecule has 2 unspecified atom stereocenters. The first-order valence-corrected chi connectivity index (χ1v) is 10.9. The van der Waals surface area contributed by atoms with Gasteiger partial charge in [-0.2, -0.15) is 0 Å². The maximum absolute atomic E-state index is 12.9.